The molecular weight excluding hydrogens is 202 g/mol. The number of likely N-dealkylation sites (tertiary alicyclic amines) is 1. The van der Waals surface area contributed by atoms with Gasteiger partial charge in [0.1, 0.15) is 0 Å². The number of aliphatic hydroxyl groups excluding tert-OH is 1. The van der Waals surface area contributed by atoms with Crippen LogP contribution in [0.2, 0.25) is 0 Å². The zero-order chi connectivity index (χ0) is 11.8. The van der Waals surface area contributed by atoms with E-state index in [-0.39, 0.29) is 12.0 Å². The molecule has 1 N–H and O–H groups in total. The highest BCUT2D eigenvalue weighted by Gasteiger charge is 2.13. The zero-order valence-electron chi connectivity index (χ0n) is 10.2. The van der Waals surface area contributed by atoms with Crippen molar-refractivity contribution in [2.75, 3.05) is 13.1 Å². The third-order valence-corrected chi connectivity index (χ3v) is 2.96. The van der Waals surface area contributed by atoms with Crippen LogP contribution in [0.5, 0.6) is 0 Å². The molecule has 1 atom stereocenters. The number of hydrogen-bond acceptors (Lipinski definition) is 2. The first-order valence-electron chi connectivity index (χ1n) is 6.37. The summed E-state index contributed by atoms with van der Waals surface area (Å²) in [6.07, 6.45) is 8.99. The van der Waals surface area contributed by atoms with Gasteiger partial charge in [0.25, 0.3) is 0 Å². The average molecular weight is 225 g/mol. The Labute approximate surface area is 98.1 Å². The van der Waals surface area contributed by atoms with Crippen LogP contribution in [-0.4, -0.2) is 35.1 Å². The number of rotatable bonds is 5. The zero-order valence-corrected chi connectivity index (χ0v) is 10.2. The van der Waals surface area contributed by atoms with Gasteiger partial charge in [0.2, 0.25) is 5.91 Å². The first kappa shape index (κ1) is 13.2. The molecule has 0 bridgehead atoms. The molecule has 3 heteroatoms. The highest BCUT2D eigenvalue weighted by Crippen LogP contribution is 2.09. The van der Waals surface area contributed by atoms with E-state index in [0.717, 1.165) is 38.8 Å². The maximum atomic E-state index is 11.7. The molecule has 0 saturated carbocycles. The Kier molecular flexibility index (Phi) is 6.16. The van der Waals surface area contributed by atoms with Crippen LogP contribution < -0.4 is 0 Å². The number of piperidine rings is 1. The minimum atomic E-state index is -0.296. The number of nitrogens with zero attached hydrogens (tertiary/aromatic N) is 1. The Bertz CT molecular complexity index is 232. The van der Waals surface area contributed by atoms with Gasteiger partial charge in [-0.1, -0.05) is 19.4 Å². The van der Waals surface area contributed by atoms with Gasteiger partial charge in [-0.05, 0) is 38.2 Å². The molecule has 1 saturated heterocycles. The largest absolute Gasteiger partial charge is 0.393 e. The molecule has 1 unspecified atom stereocenters. The standard InChI is InChI=1S/C13H23NO2/c1-2-7-12(15)8-6-9-13(16)14-10-4-3-5-11-14/h6,9,12,15H,2-5,7-8,10-11H2,1H3. The van der Waals surface area contributed by atoms with Crippen molar-refractivity contribution in [2.24, 2.45) is 0 Å². The Morgan fingerprint density at radius 1 is 1.38 bits per heavy atom. The molecule has 1 heterocycles. The molecule has 0 aliphatic carbocycles. The molecule has 0 radical (unpaired) electrons. The van der Waals surface area contributed by atoms with E-state index in [0.29, 0.717) is 6.42 Å². The van der Waals surface area contributed by atoms with E-state index in [9.17, 15) is 9.90 Å². The Morgan fingerprint density at radius 3 is 2.69 bits per heavy atom. The van der Waals surface area contributed by atoms with Crippen LogP contribution in [0.3, 0.4) is 0 Å². The van der Waals surface area contributed by atoms with E-state index in [1.54, 1.807) is 12.2 Å². The Morgan fingerprint density at radius 2 is 2.06 bits per heavy atom. The van der Waals surface area contributed by atoms with Crippen LogP contribution in [0.1, 0.15) is 45.4 Å². The molecule has 1 aliphatic heterocycles. The molecule has 1 aliphatic rings. The van der Waals surface area contributed by atoms with Crippen LogP contribution in [-0.2, 0) is 4.79 Å². The smallest absolute Gasteiger partial charge is 0.246 e. The van der Waals surface area contributed by atoms with Crippen molar-refractivity contribution >= 4 is 5.91 Å². The lowest BCUT2D eigenvalue weighted by atomic mass is 10.1. The second-order valence-electron chi connectivity index (χ2n) is 4.47. The maximum Gasteiger partial charge on any atom is 0.246 e. The van der Waals surface area contributed by atoms with E-state index in [1.165, 1.54) is 6.42 Å². The summed E-state index contributed by atoms with van der Waals surface area (Å²) in [6.45, 7) is 3.83. The molecule has 1 rings (SSSR count). The van der Waals surface area contributed by atoms with Gasteiger partial charge in [-0.25, -0.2) is 0 Å². The molecule has 3 nitrogen and oxygen atoms in total. The Balaban J connectivity index is 2.24. The van der Waals surface area contributed by atoms with Crippen LogP contribution in [0.4, 0.5) is 0 Å². The number of aliphatic hydroxyl groups is 1. The van der Waals surface area contributed by atoms with Crippen LogP contribution in [0.15, 0.2) is 12.2 Å². The van der Waals surface area contributed by atoms with Crippen molar-refractivity contribution in [3.8, 4) is 0 Å². The average Bonchev–Trinajstić information content (AvgIpc) is 2.30. The van der Waals surface area contributed by atoms with Gasteiger partial charge in [0.15, 0.2) is 0 Å². The van der Waals surface area contributed by atoms with Gasteiger partial charge in [-0.15, -0.1) is 0 Å². The van der Waals surface area contributed by atoms with E-state index < -0.39 is 0 Å². The van der Waals surface area contributed by atoms with Crippen molar-refractivity contribution in [1.29, 1.82) is 0 Å². The van der Waals surface area contributed by atoms with Crippen molar-refractivity contribution < 1.29 is 9.90 Å². The summed E-state index contributed by atoms with van der Waals surface area (Å²) in [5.41, 5.74) is 0. The summed E-state index contributed by atoms with van der Waals surface area (Å²) >= 11 is 0. The maximum absolute atomic E-state index is 11.7. The predicted octanol–water partition coefficient (Wildman–Crippen LogP) is 2.11. The topological polar surface area (TPSA) is 40.5 Å². The first-order valence-corrected chi connectivity index (χ1v) is 6.37. The van der Waals surface area contributed by atoms with Crippen molar-refractivity contribution in [2.45, 2.75) is 51.6 Å². The number of hydrogen-bond donors (Lipinski definition) is 1. The van der Waals surface area contributed by atoms with Crippen LogP contribution >= 0.6 is 0 Å². The molecule has 0 aromatic rings. The molecule has 0 aromatic heterocycles. The Hall–Kier alpha value is -0.830. The first-order chi connectivity index (χ1) is 7.74. The van der Waals surface area contributed by atoms with Gasteiger partial charge in [0, 0.05) is 13.1 Å². The van der Waals surface area contributed by atoms with E-state index in [2.05, 4.69) is 0 Å². The lowest BCUT2D eigenvalue weighted by Crippen LogP contribution is -2.34. The summed E-state index contributed by atoms with van der Waals surface area (Å²) in [4.78, 5) is 13.6. The lowest BCUT2D eigenvalue weighted by molar-refractivity contribution is -0.126. The van der Waals surface area contributed by atoms with Crippen LogP contribution in [0.25, 0.3) is 0 Å². The highest BCUT2D eigenvalue weighted by atomic mass is 16.3. The number of carbonyl (C=O) groups excluding carboxylic acids is 1. The third kappa shape index (κ3) is 4.79. The van der Waals surface area contributed by atoms with Crippen molar-refractivity contribution in [3.63, 3.8) is 0 Å². The summed E-state index contributed by atoms with van der Waals surface area (Å²) in [6, 6.07) is 0. The molecule has 1 fully saturated rings. The fraction of sp³-hybridized carbons (Fsp3) is 0.769. The van der Waals surface area contributed by atoms with Gasteiger partial charge in [-0.2, -0.15) is 0 Å². The lowest BCUT2D eigenvalue weighted by Gasteiger charge is -2.25. The van der Waals surface area contributed by atoms with E-state index in [4.69, 9.17) is 0 Å². The summed E-state index contributed by atoms with van der Waals surface area (Å²) in [7, 11) is 0. The highest BCUT2D eigenvalue weighted by molar-refractivity contribution is 5.87. The minimum Gasteiger partial charge on any atom is -0.393 e. The molecule has 0 aromatic carbocycles. The van der Waals surface area contributed by atoms with Gasteiger partial charge >= 0.3 is 0 Å². The molecule has 92 valence electrons. The third-order valence-electron chi connectivity index (χ3n) is 2.96. The fourth-order valence-corrected chi connectivity index (χ4v) is 2.00. The second kappa shape index (κ2) is 7.44. The second-order valence-corrected chi connectivity index (χ2v) is 4.47. The number of carbonyl (C=O) groups is 1. The van der Waals surface area contributed by atoms with E-state index >= 15 is 0 Å². The number of amides is 1. The minimum absolute atomic E-state index is 0.100. The molecule has 1 amide bonds. The van der Waals surface area contributed by atoms with Gasteiger partial charge < -0.3 is 10.0 Å². The van der Waals surface area contributed by atoms with E-state index in [1.807, 2.05) is 11.8 Å². The van der Waals surface area contributed by atoms with Crippen molar-refractivity contribution in [1.82, 2.24) is 4.90 Å². The summed E-state index contributed by atoms with van der Waals surface area (Å²) in [5.74, 6) is 0.100. The van der Waals surface area contributed by atoms with Crippen molar-refractivity contribution in [3.05, 3.63) is 12.2 Å². The normalized spacial score (nSPS) is 19.0. The van der Waals surface area contributed by atoms with Gasteiger partial charge in [0.05, 0.1) is 6.10 Å². The molecular formula is C13H23NO2. The monoisotopic (exact) mass is 225 g/mol. The van der Waals surface area contributed by atoms with Crippen LogP contribution in [0, 0.1) is 0 Å². The fourth-order valence-electron chi connectivity index (χ4n) is 2.00. The summed E-state index contributed by atoms with van der Waals surface area (Å²) in [5, 5.41) is 9.50. The molecule has 0 spiro atoms. The molecule has 16 heavy (non-hydrogen) atoms. The van der Waals surface area contributed by atoms with Gasteiger partial charge in [-0.3, -0.25) is 4.79 Å². The SMILES string of the molecule is CCCC(O)CC=CC(=O)N1CCCCC1. The predicted molar refractivity (Wildman–Crippen MR) is 65.1 cm³/mol. The summed E-state index contributed by atoms with van der Waals surface area (Å²) < 4.78 is 0. The quantitative estimate of drug-likeness (QED) is 0.728.